The van der Waals surface area contributed by atoms with Gasteiger partial charge in [0, 0.05) is 37.1 Å². The van der Waals surface area contributed by atoms with Gasteiger partial charge < -0.3 is 10.2 Å². The van der Waals surface area contributed by atoms with Crippen molar-refractivity contribution in [3.63, 3.8) is 0 Å². The Kier molecular flexibility index (Phi) is 6.47. The van der Waals surface area contributed by atoms with Gasteiger partial charge in [-0.25, -0.2) is 9.97 Å². The molecule has 2 saturated heterocycles. The second kappa shape index (κ2) is 9.70. The summed E-state index contributed by atoms with van der Waals surface area (Å²) in [6.07, 6.45) is 11.1. The number of aromatic nitrogens is 2. The summed E-state index contributed by atoms with van der Waals surface area (Å²) in [6, 6.07) is 0.366. The molecular weight excluding hydrogens is 444 g/mol. The van der Waals surface area contributed by atoms with Crippen LogP contribution in [0, 0.1) is 0 Å². The van der Waals surface area contributed by atoms with E-state index in [0.29, 0.717) is 6.04 Å². The van der Waals surface area contributed by atoms with Crippen molar-refractivity contribution < 1.29 is 4.79 Å². The van der Waals surface area contributed by atoms with Crippen LogP contribution in [0.1, 0.15) is 68.1 Å². The van der Waals surface area contributed by atoms with E-state index in [2.05, 4.69) is 26.9 Å². The maximum Gasteiger partial charge on any atom is 0.237 e. The Morgan fingerprint density at radius 1 is 1.00 bits per heavy atom. The van der Waals surface area contributed by atoms with Gasteiger partial charge in [0.25, 0.3) is 0 Å². The zero-order valence-corrected chi connectivity index (χ0v) is 21.3. The molecule has 0 radical (unpaired) electrons. The van der Waals surface area contributed by atoms with E-state index in [9.17, 15) is 4.79 Å². The summed E-state index contributed by atoms with van der Waals surface area (Å²) < 4.78 is 0. The van der Waals surface area contributed by atoms with E-state index >= 15 is 0 Å². The molecule has 6 rings (SSSR count). The van der Waals surface area contributed by atoms with E-state index in [1.54, 1.807) is 0 Å². The number of anilines is 1. The number of carbonyl (C=O) groups is 1. The molecule has 1 unspecified atom stereocenters. The molecule has 2 aromatic heterocycles. The Labute approximate surface area is 206 Å². The fourth-order valence-electron chi connectivity index (χ4n) is 5.83. The average Bonchev–Trinajstić information content (AvgIpc) is 3.61. The van der Waals surface area contributed by atoms with E-state index in [1.165, 1.54) is 59.2 Å². The molecule has 1 saturated carbocycles. The van der Waals surface area contributed by atoms with Crippen molar-refractivity contribution in [2.75, 3.05) is 44.2 Å². The maximum atomic E-state index is 12.6. The first kappa shape index (κ1) is 22.7. The minimum absolute atomic E-state index is 0.0586. The number of amides is 1. The summed E-state index contributed by atoms with van der Waals surface area (Å²) in [6.45, 7) is 8.89. The standard InChI is InChI=1S/C26H38N6OS/c1-18(25(33)27-19-9-10-19)31-13-15-32(16-14-31)24-23-20-7-3-4-8-21(20)34-26(23)29-22(28-24)17-30-11-5-2-6-12-30/h18-19H,2-17H2,1H3,(H,27,33). The lowest BCUT2D eigenvalue weighted by Crippen LogP contribution is -2.54. The first-order valence-corrected chi connectivity index (χ1v) is 14.3. The molecular formula is C26H38N6OS. The zero-order chi connectivity index (χ0) is 23.1. The number of likely N-dealkylation sites (tertiary alicyclic amines) is 1. The number of nitrogens with zero attached hydrogens (tertiary/aromatic N) is 5. The number of piperidine rings is 1. The molecule has 1 amide bonds. The van der Waals surface area contributed by atoms with Crippen LogP contribution >= 0.6 is 11.3 Å². The van der Waals surface area contributed by atoms with Crippen molar-refractivity contribution in [2.45, 2.75) is 83.3 Å². The second-order valence-electron chi connectivity index (χ2n) is 10.7. The molecule has 3 fully saturated rings. The molecule has 184 valence electrons. The molecule has 4 heterocycles. The largest absolute Gasteiger partial charge is 0.353 e. The van der Waals surface area contributed by atoms with Crippen molar-refractivity contribution in [1.82, 2.24) is 25.1 Å². The van der Waals surface area contributed by atoms with Crippen LogP contribution in [0.3, 0.4) is 0 Å². The minimum Gasteiger partial charge on any atom is -0.353 e. The lowest BCUT2D eigenvalue weighted by atomic mass is 9.97. The molecule has 1 atom stereocenters. The van der Waals surface area contributed by atoms with Crippen LogP contribution < -0.4 is 10.2 Å². The number of carbonyl (C=O) groups excluding carboxylic acids is 1. The number of nitrogens with one attached hydrogen (secondary N) is 1. The molecule has 4 aliphatic rings. The molecule has 8 heteroatoms. The molecule has 0 aromatic carbocycles. The predicted octanol–water partition coefficient (Wildman–Crippen LogP) is 3.35. The molecule has 0 spiro atoms. The van der Waals surface area contributed by atoms with Crippen molar-refractivity contribution in [3.05, 3.63) is 16.3 Å². The highest BCUT2D eigenvalue weighted by molar-refractivity contribution is 7.19. The third-order valence-electron chi connectivity index (χ3n) is 8.12. The number of thiophene rings is 1. The molecule has 1 N–H and O–H groups in total. The molecule has 7 nitrogen and oxygen atoms in total. The average molecular weight is 483 g/mol. The number of rotatable bonds is 6. The van der Waals surface area contributed by atoms with Gasteiger partial charge in [-0.3, -0.25) is 14.6 Å². The first-order valence-electron chi connectivity index (χ1n) is 13.5. The van der Waals surface area contributed by atoms with E-state index in [0.717, 1.165) is 76.7 Å². The fourth-order valence-corrected chi connectivity index (χ4v) is 7.11. The quantitative estimate of drug-likeness (QED) is 0.681. The fraction of sp³-hybridized carbons (Fsp3) is 0.731. The number of piperazine rings is 1. The van der Waals surface area contributed by atoms with Gasteiger partial charge in [-0.05, 0) is 76.9 Å². The summed E-state index contributed by atoms with van der Waals surface area (Å²) >= 11 is 1.92. The highest BCUT2D eigenvalue weighted by Gasteiger charge is 2.31. The van der Waals surface area contributed by atoms with E-state index in [1.807, 2.05) is 11.3 Å². The van der Waals surface area contributed by atoms with Gasteiger partial charge >= 0.3 is 0 Å². The third-order valence-corrected chi connectivity index (χ3v) is 9.31. The van der Waals surface area contributed by atoms with Crippen LogP contribution in [0.2, 0.25) is 0 Å². The number of hydrogen-bond acceptors (Lipinski definition) is 7. The Morgan fingerprint density at radius 2 is 1.76 bits per heavy atom. The van der Waals surface area contributed by atoms with Crippen molar-refractivity contribution in [1.29, 1.82) is 0 Å². The lowest BCUT2D eigenvalue weighted by Gasteiger charge is -2.38. The minimum atomic E-state index is -0.0586. The van der Waals surface area contributed by atoms with Crippen LogP contribution in [0.15, 0.2) is 0 Å². The maximum absolute atomic E-state index is 12.6. The summed E-state index contributed by atoms with van der Waals surface area (Å²) in [5, 5.41) is 4.51. The molecule has 2 aliphatic heterocycles. The smallest absolute Gasteiger partial charge is 0.237 e. The third kappa shape index (κ3) is 4.69. The Balaban J connectivity index is 1.24. The van der Waals surface area contributed by atoms with Crippen LogP contribution in [0.4, 0.5) is 5.82 Å². The molecule has 2 aliphatic carbocycles. The van der Waals surface area contributed by atoms with Gasteiger partial charge in [0.2, 0.25) is 5.91 Å². The van der Waals surface area contributed by atoms with Gasteiger partial charge in [0.15, 0.2) is 0 Å². The monoisotopic (exact) mass is 482 g/mol. The van der Waals surface area contributed by atoms with Crippen LogP contribution in [0.25, 0.3) is 10.2 Å². The number of hydrogen-bond donors (Lipinski definition) is 1. The first-order chi connectivity index (χ1) is 16.7. The van der Waals surface area contributed by atoms with Gasteiger partial charge in [0.05, 0.1) is 18.0 Å². The van der Waals surface area contributed by atoms with Gasteiger partial charge in [-0.1, -0.05) is 6.42 Å². The van der Waals surface area contributed by atoms with Crippen molar-refractivity contribution in [3.8, 4) is 0 Å². The summed E-state index contributed by atoms with van der Waals surface area (Å²) in [4.78, 5) is 33.0. The Bertz CT molecular complexity index is 1040. The number of aryl methyl sites for hydroxylation is 2. The SMILES string of the molecule is CC(C(=O)NC1CC1)N1CCN(c2nc(CN3CCCCC3)nc3sc4c(c23)CCCC4)CC1. The zero-order valence-electron chi connectivity index (χ0n) is 20.5. The predicted molar refractivity (Wildman–Crippen MR) is 138 cm³/mol. The molecule has 0 bridgehead atoms. The molecule has 34 heavy (non-hydrogen) atoms. The highest BCUT2D eigenvalue weighted by Crippen LogP contribution is 2.40. The Morgan fingerprint density at radius 3 is 2.53 bits per heavy atom. The molecule has 2 aromatic rings. The van der Waals surface area contributed by atoms with Gasteiger partial charge in [0.1, 0.15) is 16.5 Å². The van der Waals surface area contributed by atoms with Crippen LogP contribution in [-0.2, 0) is 24.2 Å². The summed E-state index contributed by atoms with van der Waals surface area (Å²) in [5.41, 5.74) is 1.52. The normalized spacial score (nSPS) is 23.1. The van der Waals surface area contributed by atoms with E-state index in [4.69, 9.17) is 9.97 Å². The number of fused-ring (bicyclic) bond motifs is 3. The Hall–Kier alpha value is -1.77. The summed E-state index contributed by atoms with van der Waals surface area (Å²) in [7, 11) is 0. The van der Waals surface area contributed by atoms with Crippen molar-refractivity contribution in [2.24, 2.45) is 0 Å². The van der Waals surface area contributed by atoms with E-state index in [-0.39, 0.29) is 11.9 Å². The topological polar surface area (TPSA) is 64.6 Å². The van der Waals surface area contributed by atoms with Crippen LogP contribution in [-0.4, -0.2) is 77.0 Å². The van der Waals surface area contributed by atoms with Gasteiger partial charge in [-0.15, -0.1) is 11.3 Å². The highest BCUT2D eigenvalue weighted by atomic mass is 32.1. The van der Waals surface area contributed by atoms with Crippen molar-refractivity contribution >= 4 is 33.3 Å². The lowest BCUT2D eigenvalue weighted by molar-refractivity contribution is -0.126. The van der Waals surface area contributed by atoms with E-state index < -0.39 is 0 Å². The second-order valence-corrected chi connectivity index (χ2v) is 11.8. The van der Waals surface area contributed by atoms with Crippen LogP contribution in [0.5, 0.6) is 0 Å². The van der Waals surface area contributed by atoms with Gasteiger partial charge in [-0.2, -0.15) is 0 Å². The summed E-state index contributed by atoms with van der Waals surface area (Å²) in [5.74, 6) is 2.34.